The molecule has 6 heteroatoms. The Morgan fingerprint density at radius 3 is 2.48 bits per heavy atom. The van der Waals surface area contributed by atoms with Gasteiger partial charge in [0.15, 0.2) is 5.96 Å². The SMILES string of the molecule is CCNC(=NCC1(c2ccc(OC)cc2)CC1)NC(C)Cc1c(C)nn(C)c1C. The Balaban J connectivity index is 1.66. The summed E-state index contributed by atoms with van der Waals surface area (Å²) in [6.45, 7) is 10.2. The van der Waals surface area contributed by atoms with Crippen LogP contribution in [0.2, 0.25) is 0 Å². The number of benzene rings is 1. The zero-order valence-electron chi connectivity index (χ0n) is 18.7. The number of nitrogens with zero attached hydrogens (tertiary/aromatic N) is 3. The second kappa shape index (κ2) is 8.89. The lowest BCUT2D eigenvalue weighted by Crippen LogP contribution is -2.43. The lowest BCUT2D eigenvalue weighted by Gasteiger charge is -2.20. The van der Waals surface area contributed by atoms with Gasteiger partial charge in [0.2, 0.25) is 0 Å². The fourth-order valence-corrected chi connectivity index (χ4v) is 3.89. The van der Waals surface area contributed by atoms with E-state index in [-0.39, 0.29) is 11.5 Å². The second-order valence-corrected chi connectivity index (χ2v) is 8.23. The Morgan fingerprint density at radius 2 is 1.97 bits per heavy atom. The molecule has 1 aromatic carbocycles. The summed E-state index contributed by atoms with van der Waals surface area (Å²) >= 11 is 0. The maximum atomic E-state index is 5.29. The normalized spacial score (nSPS) is 16.4. The first kappa shape index (κ1) is 21.2. The van der Waals surface area contributed by atoms with Gasteiger partial charge in [-0.25, -0.2) is 0 Å². The molecule has 1 heterocycles. The predicted molar refractivity (Wildman–Crippen MR) is 119 cm³/mol. The van der Waals surface area contributed by atoms with Gasteiger partial charge in [0.25, 0.3) is 0 Å². The fourth-order valence-electron chi connectivity index (χ4n) is 3.89. The minimum atomic E-state index is 0.175. The number of aromatic nitrogens is 2. The molecule has 1 aliphatic carbocycles. The van der Waals surface area contributed by atoms with Gasteiger partial charge in [-0.2, -0.15) is 5.10 Å². The van der Waals surface area contributed by atoms with Crippen LogP contribution in [0, 0.1) is 13.8 Å². The Kier molecular flexibility index (Phi) is 6.50. The van der Waals surface area contributed by atoms with Crippen LogP contribution < -0.4 is 15.4 Å². The molecule has 0 saturated heterocycles. The molecule has 1 aromatic heterocycles. The van der Waals surface area contributed by atoms with Gasteiger partial charge in [0.05, 0.1) is 19.3 Å². The van der Waals surface area contributed by atoms with Gasteiger partial charge in [-0.3, -0.25) is 9.67 Å². The standard InChI is InChI=1S/C23H35N5O/c1-7-24-22(26-16(2)14-21-17(3)27-28(5)18(21)4)25-15-23(12-13-23)19-8-10-20(29-6)11-9-19/h8-11,16H,7,12-15H2,1-6H3,(H2,24,25,26). The van der Waals surface area contributed by atoms with Gasteiger partial charge in [-0.05, 0) is 70.2 Å². The van der Waals surface area contributed by atoms with Crippen molar-refractivity contribution in [3.63, 3.8) is 0 Å². The molecule has 1 unspecified atom stereocenters. The largest absolute Gasteiger partial charge is 0.497 e. The molecular formula is C23H35N5O. The van der Waals surface area contributed by atoms with Crippen LogP contribution in [0.1, 0.15) is 49.2 Å². The number of hydrogen-bond donors (Lipinski definition) is 2. The molecule has 2 aromatic rings. The van der Waals surface area contributed by atoms with Crippen LogP contribution in [0.4, 0.5) is 0 Å². The lowest BCUT2D eigenvalue weighted by atomic mass is 9.96. The summed E-state index contributed by atoms with van der Waals surface area (Å²) in [5.41, 5.74) is 5.19. The highest BCUT2D eigenvalue weighted by molar-refractivity contribution is 5.80. The molecule has 2 N–H and O–H groups in total. The van der Waals surface area contributed by atoms with Gasteiger partial charge in [-0.1, -0.05) is 12.1 Å². The monoisotopic (exact) mass is 397 g/mol. The Morgan fingerprint density at radius 1 is 1.28 bits per heavy atom. The second-order valence-electron chi connectivity index (χ2n) is 8.23. The highest BCUT2D eigenvalue weighted by Crippen LogP contribution is 2.48. The summed E-state index contributed by atoms with van der Waals surface area (Å²) in [4.78, 5) is 4.94. The lowest BCUT2D eigenvalue weighted by molar-refractivity contribution is 0.414. The first-order valence-corrected chi connectivity index (χ1v) is 10.6. The third-order valence-corrected chi connectivity index (χ3v) is 5.99. The zero-order chi connectivity index (χ0) is 21.0. The first-order chi connectivity index (χ1) is 13.9. The number of hydrogen-bond acceptors (Lipinski definition) is 3. The van der Waals surface area contributed by atoms with Crippen LogP contribution in [0.15, 0.2) is 29.3 Å². The van der Waals surface area contributed by atoms with Crippen molar-refractivity contribution in [2.24, 2.45) is 12.0 Å². The Labute approximate surface area is 174 Å². The van der Waals surface area contributed by atoms with Crippen LogP contribution in [-0.2, 0) is 18.9 Å². The summed E-state index contributed by atoms with van der Waals surface area (Å²) in [6.07, 6.45) is 3.30. The molecule has 1 saturated carbocycles. The van der Waals surface area contributed by atoms with E-state index < -0.39 is 0 Å². The third kappa shape index (κ3) is 4.92. The quantitative estimate of drug-likeness (QED) is 0.530. The highest BCUT2D eigenvalue weighted by Gasteiger charge is 2.44. The van der Waals surface area contributed by atoms with Gasteiger partial charge in [-0.15, -0.1) is 0 Å². The molecule has 158 valence electrons. The summed E-state index contributed by atoms with van der Waals surface area (Å²) < 4.78 is 7.25. The zero-order valence-corrected chi connectivity index (χ0v) is 18.7. The fraction of sp³-hybridized carbons (Fsp3) is 0.565. The van der Waals surface area contributed by atoms with Crippen molar-refractivity contribution in [2.75, 3.05) is 20.2 Å². The van der Waals surface area contributed by atoms with Crippen LogP contribution in [0.3, 0.4) is 0 Å². The Bertz CT molecular complexity index is 849. The highest BCUT2D eigenvalue weighted by atomic mass is 16.5. The molecule has 0 bridgehead atoms. The average molecular weight is 398 g/mol. The molecular weight excluding hydrogens is 362 g/mol. The van der Waals surface area contributed by atoms with Gasteiger partial charge in [0, 0.05) is 30.7 Å². The number of rotatable bonds is 8. The summed E-state index contributed by atoms with van der Waals surface area (Å²) in [5, 5.41) is 11.5. The molecule has 29 heavy (non-hydrogen) atoms. The van der Waals surface area contributed by atoms with Crippen LogP contribution >= 0.6 is 0 Å². The molecule has 1 aliphatic rings. The number of aliphatic imine (C=N–C) groups is 1. The Hall–Kier alpha value is -2.50. The van der Waals surface area contributed by atoms with E-state index in [4.69, 9.17) is 9.73 Å². The molecule has 6 nitrogen and oxygen atoms in total. The molecule has 0 amide bonds. The van der Waals surface area contributed by atoms with Crippen molar-refractivity contribution in [3.05, 3.63) is 46.8 Å². The predicted octanol–water partition coefficient (Wildman–Crippen LogP) is 3.26. The third-order valence-electron chi connectivity index (χ3n) is 5.99. The van der Waals surface area contributed by atoms with Gasteiger partial charge in [0.1, 0.15) is 5.75 Å². The minimum Gasteiger partial charge on any atom is -0.497 e. The molecule has 0 aliphatic heterocycles. The number of aryl methyl sites for hydroxylation is 2. The van der Waals surface area contributed by atoms with Crippen LogP contribution in [0.5, 0.6) is 5.75 Å². The van der Waals surface area contributed by atoms with E-state index in [1.807, 2.05) is 23.9 Å². The number of methoxy groups -OCH3 is 1. The van der Waals surface area contributed by atoms with Crippen molar-refractivity contribution < 1.29 is 4.74 Å². The number of nitrogens with one attached hydrogen (secondary N) is 2. The molecule has 1 atom stereocenters. The molecule has 0 radical (unpaired) electrons. The maximum absolute atomic E-state index is 5.29. The summed E-state index contributed by atoms with van der Waals surface area (Å²) in [5.74, 6) is 1.79. The number of guanidine groups is 1. The summed E-state index contributed by atoms with van der Waals surface area (Å²) in [6, 6.07) is 8.72. The minimum absolute atomic E-state index is 0.175. The van der Waals surface area contributed by atoms with E-state index in [1.165, 1.54) is 29.7 Å². The van der Waals surface area contributed by atoms with E-state index in [0.717, 1.165) is 36.9 Å². The van der Waals surface area contributed by atoms with E-state index in [0.29, 0.717) is 0 Å². The topological polar surface area (TPSA) is 63.5 Å². The smallest absolute Gasteiger partial charge is 0.191 e. The first-order valence-electron chi connectivity index (χ1n) is 10.6. The molecule has 1 fully saturated rings. The van der Waals surface area contributed by atoms with Crippen molar-refractivity contribution in [1.82, 2.24) is 20.4 Å². The number of ether oxygens (including phenoxy) is 1. The summed E-state index contributed by atoms with van der Waals surface area (Å²) in [7, 11) is 3.71. The van der Waals surface area contributed by atoms with Crippen molar-refractivity contribution in [3.8, 4) is 5.75 Å². The van der Waals surface area contributed by atoms with Crippen LogP contribution in [0.25, 0.3) is 0 Å². The van der Waals surface area contributed by atoms with Crippen molar-refractivity contribution in [2.45, 2.75) is 58.4 Å². The maximum Gasteiger partial charge on any atom is 0.191 e. The van der Waals surface area contributed by atoms with E-state index in [9.17, 15) is 0 Å². The van der Waals surface area contributed by atoms with Crippen molar-refractivity contribution >= 4 is 5.96 Å². The average Bonchev–Trinajstić information content (AvgIpc) is 3.46. The van der Waals surface area contributed by atoms with E-state index in [1.54, 1.807) is 7.11 Å². The van der Waals surface area contributed by atoms with E-state index in [2.05, 4.69) is 55.6 Å². The molecule has 0 spiro atoms. The van der Waals surface area contributed by atoms with Crippen molar-refractivity contribution in [1.29, 1.82) is 0 Å². The molecule has 3 rings (SSSR count). The van der Waals surface area contributed by atoms with E-state index >= 15 is 0 Å². The van der Waals surface area contributed by atoms with Gasteiger partial charge < -0.3 is 15.4 Å². The van der Waals surface area contributed by atoms with Gasteiger partial charge >= 0.3 is 0 Å². The van der Waals surface area contributed by atoms with Crippen LogP contribution in [-0.4, -0.2) is 42.0 Å².